The van der Waals surface area contributed by atoms with Gasteiger partial charge in [-0.05, 0) is 42.3 Å². The van der Waals surface area contributed by atoms with E-state index in [0.717, 1.165) is 11.1 Å². The first-order valence-corrected chi connectivity index (χ1v) is 6.29. The number of ketones is 1. The Bertz CT molecular complexity index is 678. The Morgan fingerprint density at radius 1 is 1.14 bits per heavy atom. The number of nitrogens with one attached hydrogen (secondary N) is 1. The van der Waals surface area contributed by atoms with E-state index in [1.54, 1.807) is 18.5 Å². The Balaban J connectivity index is 2.25. The Morgan fingerprint density at radius 2 is 1.86 bits per heavy atom. The van der Waals surface area contributed by atoms with Crippen molar-refractivity contribution in [2.24, 2.45) is 0 Å². The van der Waals surface area contributed by atoms with Gasteiger partial charge in [0.25, 0.3) is 0 Å². The van der Waals surface area contributed by atoms with Gasteiger partial charge in [-0.1, -0.05) is 12.1 Å². The number of rotatable bonds is 5. The van der Waals surface area contributed by atoms with Crippen molar-refractivity contribution in [1.82, 2.24) is 4.98 Å². The number of carbonyl (C=O) groups is 2. The first-order chi connectivity index (χ1) is 10.1. The minimum atomic E-state index is -1.25. The van der Waals surface area contributed by atoms with Crippen LogP contribution in [0.5, 0.6) is 0 Å². The zero-order valence-electron chi connectivity index (χ0n) is 11.4. The van der Waals surface area contributed by atoms with Gasteiger partial charge in [0.1, 0.15) is 5.57 Å². The third-order valence-corrected chi connectivity index (χ3v) is 2.87. The molecule has 5 nitrogen and oxygen atoms in total. The van der Waals surface area contributed by atoms with Crippen LogP contribution in [0.3, 0.4) is 0 Å². The van der Waals surface area contributed by atoms with Crippen LogP contribution >= 0.6 is 0 Å². The van der Waals surface area contributed by atoms with Crippen molar-refractivity contribution in [2.75, 3.05) is 5.32 Å². The maximum Gasteiger partial charge on any atom is 0.340 e. The van der Waals surface area contributed by atoms with Crippen LogP contribution in [-0.2, 0) is 9.59 Å². The molecule has 0 aliphatic rings. The molecule has 2 rings (SSSR count). The summed E-state index contributed by atoms with van der Waals surface area (Å²) in [5, 5.41) is 11.8. The van der Waals surface area contributed by atoms with E-state index in [1.807, 2.05) is 30.3 Å². The summed E-state index contributed by atoms with van der Waals surface area (Å²) in [4.78, 5) is 26.1. The molecule has 0 radical (unpaired) electrons. The van der Waals surface area contributed by atoms with Crippen molar-refractivity contribution in [1.29, 1.82) is 0 Å². The summed E-state index contributed by atoms with van der Waals surface area (Å²) in [6, 6.07) is 11.2. The molecule has 0 fully saturated rings. The standard InChI is InChI=1S/C16H14N2O3/c1-11(19)15(16(20)21)10-18-14-4-2-3-13(9-14)12-5-7-17-8-6-12/h2-10,18H,1H3,(H,20,21)/b15-10-. The predicted octanol–water partition coefficient (Wildman–Crippen LogP) is 2.72. The van der Waals surface area contributed by atoms with Gasteiger partial charge in [0.05, 0.1) is 0 Å². The molecule has 5 heteroatoms. The number of carbonyl (C=O) groups excluding carboxylic acids is 1. The lowest BCUT2D eigenvalue weighted by Gasteiger charge is -2.06. The third-order valence-electron chi connectivity index (χ3n) is 2.87. The summed E-state index contributed by atoms with van der Waals surface area (Å²) in [5.74, 6) is -1.75. The molecule has 0 saturated heterocycles. The fourth-order valence-electron chi connectivity index (χ4n) is 1.80. The molecule has 0 unspecified atom stereocenters. The number of hydrogen-bond donors (Lipinski definition) is 2. The number of carboxylic acid groups (broad SMARTS) is 1. The van der Waals surface area contributed by atoms with Crippen molar-refractivity contribution in [2.45, 2.75) is 6.92 Å². The van der Waals surface area contributed by atoms with Gasteiger partial charge in [-0.2, -0.15) is 0 Å². The zero-order chi connectivity index (χ0) is 15.2. The highest BCUT2D eigenvalue weighted by Crippen LogP contribution is 2.22. The first-order valence-electron chi connectivity index (χ1n) is 6.29. The number of carboxylic acids is 1. The molecule has 0 bridgehead atoms. The van der Waals surface area contributed by atoms with Crippen molar-refractivity contribution in [3.05, 3.63) is 60.6 Å². The van der Waals surface area contributed by atoms with Crippen LogP contribution in [0.4, 0.5) is 5.69 Å². The minimum absolute atomic E-state index is 0.288. The summed E-state index contributed by atoms with van der Waals surface area (Å²) in [6.07, 6.45) is 4.61. The second-order valence-corrected chi connectivity index (χ2v) is 4.38. The molecule has 0 atom stereocenters. The molecule has 1 aromatic heterocycles. The molecule has 21 heavy (non-hydrogen) atoms. The Labute approximate surface area is 122 Å². The van der Waals surface area contributed by atoms with Crippen molar-refractivity contribution >= 4 is 17.4 Å². The summed E-state index contributed by atoms with van der Waals surface area (Å²) < 4.78 is 0. The number of aromatic nitrogens is 1. The summed E-state index contributed by atoms with van der Waals surface area (Å²) in [5.41, 5.74) is 2.38. The van der Waals surface area contributed by atoms with Crippen molar-refractivity contribution in [3.63, 3.8) is 0 Å². The lowest BCUT2D eigenvalue weighted by Crippen LogP contribution is -2.10. The lowest BCUT2D eigenvalue weighted by molar-refractivity contribution is -0.134. The summed E-state index contributed by atoms with van der Waals surface area (Å²) in [7, 11) is 0. The average Bonchev–Trinajstić information content (AvgIpc) is 2.48. The highest BCUT2D eigenvalue weighted by Gasteiger charge is 2.12. The molecular weight excluding hydrogens is 268 g/mol. The molecule has 106 valence electrons. The highest BCUT2D eigenvalue weighted by molar-refractivity contribution is 6.15. The normalized spacial score (nSPS) is 11.0. The second kappa shape index (κ2) is 6.47. The van der Waals surface area contributed by atoms with Gasteiger partial charge in [0.15, 0.2) is 5.78 Å². The molecule has 0 saturated carbocycles. The Kier molecular flexibility index (Phi) is 4.46. The Morgan fingerprint density at radius 3 is 2.48 bits per heavy atom. The van der Waals surface area contributed by atoms with Gasteiger partial charge in [-0.25, -0.2) is 4.79 Å². The molecule has 1 aromatic carbocycles. The minimum Gasteiger partial charge on any atom is -0.478 e. The largest absolute Gasteiger partial charge is 0.478 e. The molecular formula is C16H14N2O3. The summed E-state index contributed by atoms with van der Waals surface area (Å²) >= 11 is 0. The molecule has 0 amide bonds. The summed E-state index contributed by atoms with van der Waals surface area (Å²) in [6.45, 7) is 1.22. The highest BCUT2D eigenvalue weighted by atomic mass is 16.4. The fourth-order valence-corrected chi connectivity index (χ4v) is 1.80. The number of pyridine rings is 1. The maximum atomic E-state index is 11.2. The van der Waals surface area contributed by atoms with Gasteiger partial charge in [-0.3, -0.25) is 9.78 Å². The lowest BCUT2D eigenvalue weighted by atomic mass is 10.1. The van der Waals surface area contributed by atoms with Crippen LogP contribution in [0.1, 0.15) is 6.92 Å². The molecule has 2 N–H and O–H groups in total. The third kappa shape index (κ3) is 3.76. The van der Waals surface area contributed by atoms with Gasteiger partial charge in [-0.15, -0.1) is 0 Å². The topological polar surface area (TPSA) is 79.3 Å². The van der Waals surface area contributed by atoms with Crippen LogP contribution < -0.4 is 5.32 Å². The number of benzene rings is 1. The molecule has 0 aliphatic heterocycles. The number of hydrogen-bond acceptors (Lipinski definition) is 4. The zero-order valence-corrected chi connectivity index (χ0v) is 11.4. The number of anilines is 1. The maximum absolute atomic E-state index is 11.2. The SMILES string of the molecule is CC(=O)/C(=C/Nc1cccc(-c2ccncc2)c1)C(=O)O. The Hall–Kier alpha value is -2.95. The van der Waals surface area contributed by atoms with Crippen LogP contribution in [0.2, 0.25) is 0 Å². The molecule has 0 aliphatic carbocycles. The van der Waals surface area contributed by atoms with E-state index >= 15 is 0 Å². The van der Waals surface area contributed by atoms with Crippen LogP contribution in [0.25, 0.3) is 11.1 Å². The van der Waals surface area contributed by atoms with Gasteiger partial charge in [0.2, 0.25) is 0 Å². The van der Waals surface area contributed by atoms with E-state index in [-0.39, 0.29) is 5.57 Å². The fraction of sp³-hybridized carbons (Fsp3) is 0.0625. The second-order valence-electron chi connectivity index (χ2n) is 4.38. The number of nitrogens with zero attached hydrogens (tertiary/aromatic N) is 1. The van der Waals surface area contributed by atoms with Gasteiger partial charge < -0.3 is 10.4 Å². The van der Waals surface area contributed by atoms with Crippen LogP contribution in [0, 0.1) is 0 Å². The first kappa shape index (κ1) is 14.5. The van der Waals surface area contributed by atoms with E-state index in [9.17, 15) is 9.59 Å². The smallest absolute Gasteiger partial charge is 0.340 e. The predicted molar refractivity (Wildman–Crippen MR) is 79.7 cm³/mol. The van der Waals surface area contributed by atoms with E-state index in [1.165, 1.54) is 13.1 Å². The van der Waals surface area contributed by atoms with Crippen LogP contribution in [-0.4, -0.2) is 21.8 Å². The van der Waals surface area contributed by atoms with Crippen LogP contribution in [0.15, 0.2) is 60.6 Å². The number of Topliss-reactive ketones (excluding diaryl/α,β-unsaturated/α-hetero) is 1. The quantitative estimate of drug-likeness (QED) is 0.501. The number of aliphatic carboxylic acids is 1. The van der Waals surface area contributed by atoms with E-state index in [0.29, 0.717) is 5.69 Å². The van der Waals surface area contributed by atoms with Gasteiger partial charge >= 0.3 is 5.97 Å². The monoisotopic (exact) mass is 282 g/mol. The van der Waals surface area contributed by atoms with E-state index in [4.69, 9.17) is 5.11 Å². The van der Waals surface area contributed by atoms with Gasteiger partial charge in [0, 0.05) is 24.3 Å². The average molecular weight is 282 g/mol. The molecule has 0 spiro atoms. The van der Waals surface area contributed by atoms with E-state index < -0.39 is 11.8 Å². The van der Waals surface area contributed by atoms with Crippen molar-refractivity contribution in [3.8, 4) is 11.1 Å². The van der Waals surface area contributed by atoms with Crippen molar-refractivity contribution < 1.29 is 14.7 Å². The van der Waals surface area contributed by atoms with E-state index in [2.05, 4.69) is 10.3 Å². The molecule has 1 heterocycles. The molecule has 2 aromatic rings.